The highest BCUT2D eigenvalue weighted by Gasteiger charge is 2.22. The van der Waals surface area contributed by atoms with E-state index >= 15 is 0 Å². The molecule has 0 spiro atoms. The number of piperazine rings is 1. The maximum atomic E-state index is 12.0. The lowest BCUT2D eigenvalue weighted by atomic mass is 10.2. The van der Waals surface area contributed by atoms with Crippen LogP contribution < -0.4 is 10.1 Å². The smallest absolute Gasteiger partial charge is 0.255 e. The highest BCUT2D eigenvalue weighted by atomic mass is 16.5. The molecule has 0 aromatic carbocycles. The first-order valence-electron chi connectivity index (χ1n) is 5.26. The summed E-state index contributed by atoms with van der Waals surface area (Å²) in [5, 5.41) is 2.67. The molecule has 0 bridgehead atoms. The van der Waals surface area contributed by atoms with E-state index in [-0.39, 0.29) is 18.4 Å². The number of hydrogen-bond acceptors (Lipinski definition) is 4. The van der Waals surface area contributed by atoms with Gasteiger partial charge < -0.3 is 15.0 Å². The molecule has 1 aromatic heterocycles. The Kier molecular flexibility index (Phi) is 3.22. The summed E-state index contributed by atoms with van der Waals surface area (Å²) < 4.78 is 4.91. The van der Waals surface area contributed by atoms with Crippen molar-refractivity contribution in [3.8, 4) is 5.88 Å². The third-order valence-electron chi connectivity index (χ3n) is 2.52. The second kappa shape index (κ2) is 4.82. The molecular weight excluding hydrogens is 222 g/mol. The summed E-state index contributed by atoms with van der Waals surface area (Å²) in [5.41, 5.74) is 0.459. The number of nitrogens with one attached hydrogen (secondary N) is 1. The van der Waals surface area contributed by atoms with Crippen molar-refractivity contribution in [3.63, 3.8) is 0 Å². The van der Waals surface area contributed by atoms with Gasteiger partial charge in [-0.05, 0) is 6.07 Å². The fourth-order valence-corrected chi connectivity index (χ4v) is 1.62. The third kappa shape index (κ3) is 2.52. The standard InChI is InChI=1S/C11H13N3O3/c1-17-10-3-2-8(6-13-10)11(16)14-5-4-12-9(15)7-14/h2-3,6H,4-5,7H2,1H3,(H,12,15). The Balaban J connectivity index is 2.10. The second-order valence-electron chi connectivity index (χ2n) is 3.67. The van der Waals surface area contributed by atoms with E-state index in [0.29, 0.717) is 24.5 Å². The minimum absolute atomic E-state index is 0.102. The van der Waals surface area contributed by atoms with E-state index in [1.165, 1.54) is 18.2 Å². The second-order valence-corrected chi connectivity index (χ2v) is 3.67. The minimum atomic E-state index is -0.185. The van der Waals surface area contributed by atoms with Crippen molar-refractivity contribution in [2.24, 2.45) is 0 Å². The van der Waals surface area contributed by atoms with Gasteiger partial charge in [-0.15, -0.1) is 0 Å². The van der Waals surface area contributed by atoms with Crippen LogP contribution in [0, 0.1) is 0 Å². The summed E-state index contributed by atoms with van der Waals surface area (Å²) in [4.78, 5) is 28.6. The van der Waals surface area contributed by atoms with Crippen LogP contribution in [0.4, 0.5) is 0 Å². The lowest BCUT2D eigenvalue weighted by molar-refractivity contribution is -0.123. The molecule has 1 aromatic rings. The van der Waals surface area contributed by atoms with Gasteiger partial charge >= 0.3 is 0 Å². The normalized spacial score (nSPS) is 15.4. The van der Waals surface area contributed by atoms with Gasteiger partial charge in [-0.25, -0.2) is 4.98 Å². The topological polar surface area (TPSA) is 71.5 Å². The SMILES string of the molecule is COc1ccc(C(=O)N2CCNC(=O)C2)cn1. The molecule has 1 N–H and O–H groups in total. The first kappa shape index (κ1) is 11.4. The van der Waals surface area contributed by atoms with Crippen LogP contribution >= 0.6 is 0 Å². The van der Waals surface area contributed by atoms with Gasteiger partial charge in [0.1, 0.15) is 0 Å². The van der Waals surface area contributed by atoms with Crippen molar-refractivity contribution in [1.29, 1.82) is 0 Å². The molecule has 0 saturated carbocycles. The largest absolute Gasteiger partial charge is 0.481 e. The number of carbonyl (C=O) groups is 2. The van der Waals surface area contributed by atoms with Crippen LogP contribution in [0.15, 0.2) is 18.3 Å². The zero-order chi connectivity index (χ0) is 12.3. The molecule has 6 nitrogen and oxygen atoms in total. The van der Waals surface area contributed by atoms with Crippen LogP contribution in [0.2, 0.25) is 0 Å². The van der Waals surface area contributed by atoms with Crippen molar-refractivity contribution < 1.29 is 14.3 Å². The highest BCUT2D eigenvalue weighted by Crippen LogP contribution is 2.09. The molecule has 90 valence electrons. The van der Waals surface area contributed by atoms with Crippen molar-refractivity contribution in [1.82, 2.24) is 15.2 Å². The summed E-state index contributed by atoms with van der Waals surface area (Å²) >= 11 is 0. The number of nitrogens with zero attached hydrogens (tertiary/aromatic N) is 2. The molecule has 0 unspecified atom stereocenters. The van der Waals surface area contributed by atoms with Gasteiger partial charge in [-0.1, -0.05) is 0 Å². The molecule has 1 saturated heterocycles. The Morgan fingerprint density at radius 3 is 2.94 bits per heavy atom. The van der Waals surface area contributed by atoms with E-state index in [1.54, 1.807) is 12.1 Å². The number of pyridine rings is 1. The van der Waals surface area contributed by atoms with Crippen LogP contribution in [0.1, 0.15) is 10.4 Å². The van der Waals surface area contributed by atoms with E-state index in [0.717, 1.165) is 0 Å². The minimum Gasteiger partial charge on any atom is -0.481 e. The van der Waals surface area contributed by atoms with E-state index in [4.69, 9.17) is 4.74 Å². The Morgan fingerprint density at radius 2 is 2.35 bits per heavy atom. The number of ether oxygens (including phenoxy) is 1. The van der Waals surface area contributed by atoms with Gasteiger partial charge in [-0.3, -0.25) is 9.59 Å². The van der Waals surface area contributed by atoms with E-state index in [9.17, 15) is 9.59 Å². The van der Waals surface area contributed by atoms with Crippen molar-refractivity contribution in [2.75, 3.05) is 26.7 Å². The number of rotatable bonds is 2. The Bertz CT molecular complexity index is 430. The van der Waals surface area contributed by atoms with Gasteiger partial charge in [0.05, 0.1) is 19.2 Å². The van der Waals surface area contributed by atoms with Crippen LogP contribution in [0.3, 0.4) is 0 Å². The molecular formula is C11H13N3O3. The average molecular weight is 235 g/mol. The first-order chi connectivity index (χ1) is 8.20. The number of hydrogen-bond donors (Lipinski definition) is 1. The third-order valence-corrected chi connectivity index (χ3v) is 2.52. The lowest BCUT2D eigenvalue weighted by Crippen LogP contribution is -2.49. The molecule has 0 aliphatic carbocycles. The zero-order valence-corrected chi connectivity index (χ0v) is 9.47. The number of carbonyl (C=O) groups excluding carboxylic acids is 2. The molecule has 2 rings (SSSR count). The van der Waals surface area contributed by atoms with E-state index in [2.05, 4.69) is 10.3 Å². The Morgan fingerprint density at radius 1 is 1.53 bits per heavy atom. The summed E-state index contributed by atoms with van der Waals surface area (Å²) in [7, 11) is 1.51. The van der Waals surface area contributed by atoms with Gasteiger partial charge in [0, 0.05) is 25.4 Å². The van der Waals surface area contributed by atoms with Gasteiger partial charge in [0.2, 0.25) is 11.8 Å². The van der Waals surface area contributed by atoms with Crippen LogP contribution in [-0.2, 0) is 4.79 Å². The van der Waals surface area contributed by atoms with E-state index in [1.807, 2.05) is 0 Å². The lowest BCUT2D eigenvalue weighted by Gasteiger charge is -2.26. The van der Waals surface area contributed by atoms with Gasteiger partial charge in [0.25, 0.3) is 5.91 Å². The molecule has 1 aliphatic heterocycles. The van der Waals surface area contributed by atoms with Crippen molar-refractivity contribution in [3.05, 3.63) is 23.9 Å². The van der Waals surface area contributed by atoms with Gasteiger partial charge in [-0.2, -0.15) is 0 Å². The van der Waals surface area contributed by atoms with E-state index < -0.39 is 0 Å². The summed E-state index contributed by atoms with van der Waals surface area (Å²) in [6, 6.07) is 3.26. The molecule has 2 heterocycles. The van der Waals surface area contributed by atoms with Crippen molar-refractivity contribution in [2.45, 2.75) is 0 Å². The predicted octanol–water partition coefficient (Wildman–Crippen LogP) is -0.338. The molecule has 17 heavy (non-hydrogen) atoms. The summed E-state index contributed by atoms with van der Waals surface area (Å²) in [5.74, 6) is 0.138. The number of methoxy groups -OCH3 is 1. The molecule has 1 aliphatic rings. The van der Waals surface area contributed by atoms with Crippen molar-refractivity contribution >= 4 is 11.8 Å². The molecule has 6 heteroatoms. The predicted molar refractivity (Wildman–Crippen MR) is 59.7 cm³/mol. The van der Waals surface area contributed by atoms with Crippen LogP contribution in [0.25, 0.3) is 0 Å². The monoisotopic (exact) mass is 235 g/mol. The quantitative estimate of drug-likeness (QED) is 0.761. The van der Waals surface area contributed by atoms with Gasteiger partial charge in [0.15, 0.2) is 0 Å². The summed E-state index contributed by atoms with van der Waals surface area (Å²) in [6.45, 7) is 1.12. The molecule has 0 atom stereocenters. The number of amides is 2. The number of aromatic nitrogens is 1. The maximum Gasteiger partial charge on any atom is 0.255 e. The summed E-state index contributed by atoms with van der Waals surface area (Å²) in [6.07, 6.45) is 1.45. The molecule has 2 amide bonds. The zero-order valence-electron chi connectivity index (χ0n) is 9.47. The van der Waals surface area contributed by atoms with Crippen LogP contribution in [-0.4, -0.2) is 48.4 Å². The van der Waals surface area contributed by atoms with Crippen LogP contribution in [0.5, 0.6) is 5.88 Å². The fourth-order valence-electron chi connectivity index (χ4n) is 1.62. The molecule has 0 radical (unpaired) electrons. The Hall–Kier alpha value is -2.11. The molecule has 1 fully saturated rings. The Labute approximate surface area is 98.6 Å². The fraction of sp³-hybridized carbons (Fsp3) is 0.364. The average Bonchev–Trinajstić information content (AvgIpc) is 2.38. The maximum absolute atomic E-state index is 12.0. The first-order valence-corrected chi connectivity index (χ1v) is 5.26. The highest BCUT2D eigenvalue weighted by molar-refractivity contribution is 5.96.